The number of rotatable bonds is 10. The number of hydrogen-bond donors (Lipinski definition) is 5. The Morgan fingerprint density at radius 2 is 1.81 bits per heavy atom. The summed E-state index contributed by atoms with van der Waals surface area (Å²) in [5, 5.41) is 19.4. The van der Waals surface area contributed by atoms with E-state index in [9.17, 15) is 24.0 Å². The molecule has 1 aliphatic rings. The van der Waals surface area contributed by atoms with Gasteiger partial charge in [0.15, 0.2) is 0 Å². The van der Waals surface area contributed by atoms with Crippen LogP contribution in [0.4, 0.5) is 4.79 Å². The molecule has 10 nitrogen and oxygen atoms in total. The van der Waals surface area contributed by atoms with Gasteiger partial charge in [0.1, 0.15) is 17.9 Å². The van der Waals surface area contributed by atoms with E-state index in [0.717, 1.165) is 0 Å². The molecule has 5 N–H and O–H groups in total. The fourth-order valence-corrected chi connectivity index (χ4v) is 3.42. The number of hydrogen-bond acceptors (Lipinski definition) is 5. The molecule has 1 saturated heterocycles. The second kappa shape index (κ2) is 10.6. The molecule has 4 amide bonds. The first-order valence-corrected chi connectivity index (χ1v) is 10.5. The maximum atomic E-state index is 13.0. The van der Waals surface area contributed by atoms with Crippen LogP contribution >= 0.6 is 0 Å². The molecule has 1 fully saturated rings. The van der Waals surface area contributed by atoms with Crippen molar-refractivity contribution in [3.8, 4) is 0 Å². The van der Waals surface area contributed by atoms with E-state index < -0.39 is 35.5 Å². The summed E-state index contributed by atoms with van der Waals surface area (Å²) in [4.78, 5) is 60.5. The van der Waals surface area contributed by atoms with Crippen molar-refractivity contribution in [2.75, 3.05) is 6.54 Å². The normalized spacial score (nSPS) is 20.2. The van der Waals surface area contributed by atoms with Crippen LogP contribution in [0.1, 0.15) is 60.8 Å². The molecule has 0 aliphatic carbocycles. The topological polar surface area (TPSA) is 154 Å². The molecular formula is C21H36N4O6. The molecule has 1 aliphatic heterocycles. The molecule has 10 heteroatoms. The minimum absolute atomic E-state index is 0.145. The number of nitrogens with one attached hydrogen (secondary N) is 4. The van der Waals surface area contributed by atoms with Crippen LogP contribution in [0, 0.1) is 17.3 Å². The molecule has 0 aromatic heterocycles. The Kier molecular flexibility index (Phi) is 9.01. The highest BCUT2D eigenvalue weighted by atomic mass is 16.4. The van der Waals surface area contributed by atoms with Crippen LogP contribution in [0.15, 0.2) is 0 Å². The fourth-order valence-electron chi connectivity index (χ4n) is 3.42. The van der Waals surface area contributed by atoms with Crippen LogP contribution in [0.5, 0.6) is 0 Å². The first kappa shape index (κ1) is 26.4. The van der Waals surface area contributed by atoms with Gasteiger partial charge in [-0.3, -0.25) is 14.4 Å². The van der Waals surface area contributed by atoms with Crippen LogP contribution in [0.2, 0.25) is 0 Å². The van der Waals surface area contributed by atoms with E-state index in [-0.39, 0.29) is 36.0 Å². The Morgan fingerprint density at radius 1 is 1.19 bits per heavy atom. The molecule has 0 saturated carbocycles. The minimum atomic E-state index is -1.45. The summed E-state index contributed by atoms with van der Waals surface area (Å²) < 4.78 is 0. The summed E-state index contributed by atoms with van der Waals surface area (Å²) in [7, 11) is 0. The number of carboxylic acid groups (broad SMARTS) is 1. The monoisotopic (exact) mass is 440 g/mol. The van der Waals surface area contributed by atoms with Crippen molar-refractivity contribution < 1.29 is 29.1 Å². The smallest absolute Gasteiger partial charge is 0.405 e. The van der Waals surface area contributed by atoms with Gasteiger partial charge in [0.25, 0.3) is 0 Å². The third kappa shape index (κ3) is 7.84. The SMILES string of the molecule is CC(C)[C@](C)(NC(=O)O)C(=O)N[C@@H](CC(C)(C)C)C(=O)N[C@H](C=O)C[C@@H]1CCNC1=O. The zero-order valence-corrected chi connectivity index (χ0v) is 19.2. The van der Waals surface area contributed by atoms with Crippen LogP contribution in [0.3, 0.4) is 0 Å². The Hall–Kier alpha value is -2.65. The number of carbonyl (C=O) groups excluding carboxylic acids is 4. The predicted molar refractivity (Wildman–Crippen MR) is 114 cm³/mol. The van der Waals surface area contributed by atoms with Crippen molar-refractivity contribution in [3.63, 3.8) is 0 Å². The zero-order valence-electron chi connectivity index (χ0n) is 19.2. The lowest BCUT2D eigenvalue weighted by atomic mass is 9.85. The van der Waals surface area contributed by atoms with Gasteiger partial charge in [0.2, 0.25) is 17.7 Å². The Bertz CT molecular complexity index is 702. The van der Waals surface area contributed by atoms with E-state index in [1.165, 1.54) is 6.92 Å². The Balaban J connectivity index is 2.99. The third-order valence-electron chi connectivity index (χ3n) is 5.62. The maximum absolute atomic E-state index is 13.0. The highest BCUT2D eigenvalue weighted by Crippen LogP contribution is 2.23. The number of carbonyl (C=O) groups is 5. The molecule has 0 unspecified atom stereocenters. The average Bonchev–Trinajstić information content (AvgIpc) is 3.03. The van der Waals surface area contributed by atoms with E-state index in [1.54, 1.807) is 13.8 Å². The number of amides is 4. The molecular weight excluding hydrogens is 404 g/mol. The van der Waals surface area contributed by atoms with Gasteiger partial charge in [0, 0.05) is 12.5 Å². The Labute approximate surface area is 183 Å². The number of aldehydes is 1. The average molecular weight is 441 g/mol. The van der Waals surface area contributed by atoms with E-state index in [0.29, 0.717) is 19.3 Å². The van der Waals surface area contributed by atoms with Gasteiger partial charge in [-0.05, 0) is 37.5 Å². The maximum Gasteiger partial charge on any atom is 0.405 e. The zero-order chi connectivity index (χ0) is 24.0. The molecule has 0 aromatic carbocycles. The molecule has 0 spiro atoms. The van der Waals surface area contributed by atoms with E-state index in [2.05, 4.69) is 21.3 Å². The van der Waals surface area contributed by atoms with Crippen LogP contribution in [-0.4, -0.2) is 59.4 Å². The fraction of sp³-hybridized carbons (Fsp3) is 0.762. The van der Waals surface area contributed by atoms with Gasteiger partial charge in [-0.1, -0.05) is 34.6 Å². The van der Waals surface area contributed by atoms with Crippen LogP contribution in [-0.2, 0) is 19.2 Å². The van der Waals surface area contributed by atoms with Gasteiger partial charge >= 0.3 is 6.09 Å². The van der Waals surface area contributed by atoms with Crippen molar-refractivity contribution in [3.05, 3.63) is 0 Å². The predicted octanol–water partition coefficient (Wildman–Crippen LogP) is 0.800. The van der Waals surface area contributed by atoms with Gasteiger partial charge in [0.05, 0.1) is 6.04 Å². The van der Waals surface area contributed by atoms with E-state index in [4.69, 9.17) is 5.11 Å². The van der Waals surface area contributed by atoms with Gasteiger partial charge in [-0.25, -0.2) is 4.79 Å². The largest absolute Gasteiger partial charge is 0.465 e. The van der Waals surface area contributed by atoms with Crippen molar-refractivity contribution in [1.82, 2.24) is 21.3 Å². The molecule has 0 bridgehead atoms. The molecule has 31 heavy (non-hydrogen) atoms. The van der Waals surface area contributed by atoms with E-state index >= 15 is 0 Å². The summed E-state index contributed by atoms with van der Waals surface area (Å²) in [6.45, 7) is 11.1. The Morgan fingerprint density at radius 3 is 2.23 bits per heavy atom. The summed E-state index contributed by atoms with van der Waals surface area (Å²) in [6, 6.07) is -1.85. The van der Waals surface area contributed by atoms with Crippen LogP contribution in [0.25, 0.3) is 0 Å². The first-order valence-electron chi connectivity index (χ1n) is 10.5. The summed E-state index contributed by atoms with van der Waals surface area (Å²) in [5.41, 5.74) is -1.79. The van der Waals surface area contributed by atoms with Crippen molar-refractivity contribution in [2.24, 2.45) is 17.3 Å². The molecule has 176 valence electrons. The summed E-state index contributed by atoms with van der Waals surface area (Å²) in [6.07, 6.45) is 0.278. The lowest BCUT2D eigenvalue weighted by molar-refractivity contribution is -0.134. The van der Waals surface area contributed by atoms with Crippen molar-refractivity contribution in [1.29, 1.82) is 0 Å². The van der Waals surface area contributed by atoms with Gasteiger partial charge < -0.3 is 31.2 Å². The molecule has 0 radical (unpaired) electrons. The standard InChI is InChI=1S/C21H36N4O6/c1-12(2)21(6,25-19(30)31)18(29)24-15(10-20(3,4)5)17(28)23-14(11-26)9-13-7-8-22-16(13)27/h11-15,25H,7-10H2,1-6H3,(H,22,27)(H,23,28)(H,24,29)(H,30,31)/t13-,14-,15-,21-/m0/s1. The van der Waals surface area contributed by atoms with Crippen LogP contribution < -0.4 is 21.3 Å². The lowest BCUT2D eigenvalue weighted by Crippen LogP contribution is -2.63. The van der Waals surface area contributed by atoms with Gasteiger partial charge in [-0.2, -0.15) is 0 Å². The highest BCUT2D eigenvalue weighted by Gasteiger charge is 2.41. The lowest BCUT2D eigenvalue weighted by Gasteiger charge is -2.35. The highest BCUT2D eigenvalue weighted by molar-refractivity contribution is 5.94. The molecule has 1 heterocycles. The second-order valence-corrected chi connectivity index (χ2v) is 9.84. The molecule has 0 aromatic rings. The molecule has 1 rings (SSSR count). The third-order valence-corrected chi connectivity index (χ3v) is 5.62. The van der Waals surface area contributed by atoms with Crippen molar-refractivity contribution in [2.45, 2.75) is 78.4 Å². The summed E-state index contributed by atoms with van der Waals surface area (Å²) in [5.74, 6) is -2.07. The quantitative estimate of drug-likeness (QED) is 0.317. The first-order chi connectivity index (χ1) is 14.2. The molecule has 4 atom stereocenters. The second-order valence-electron chi connectivity index (χ2n) is 9.84. The minimum Gasteiger partial charge on any atom is -0.465 e. The van der Waals surface area contributed by atoms with Crippen molar-refractivity contribution >= 4 is 30.1 Å². The van der Waals surface area contributed by atoms with Gasteiger partial charge in [-0.15, -0.1) is 0 Å². The summed E-state index contributed by atoms with van der Waals surface area (Å²) >= 11 is 0. The van der Waals surface area contributed by atoms with E-state index in [1.807, 2.05) is 20.8 Å².